The van der Waals surface area contributed by atoms with E-state index in [0.29, 0.717) is 5.95 Å². The highest BCUT2D eigenvalue weighted by Crippen LogP contribution is 2.28. The van der Waals surface area contributed by atoms with Crippen LogP contribution in [0.4, 0.5) is 17.5 Å². The lowest BCUT2D eigenvalue weighted by Crippen LogP contribution is -2.44. The highest BCUT2D eigenvalue weighted by molar-refractivity contribution is 5.69. The summed E-state index contributed by atoms with van der Waals surface area (Å²) in [7, 11) is 2.17. The average Bonchev–Trinajstić information content (AvgIpc) is 2.76. The topological polar surface area (TPSA) is 44.3 Å². The van der Waals surface area contributed by atoms with E-state index < -0.39 is 0 Å². The molecule has 0 saturated carbocycles. The van der Waals surface area contributed by atoms with Crippen LogP contribution in [0.3, 0.4) is 0 Å². The van der Waals surface area contributed by atoms with Gasteiger partial charge >= 0.3 is 0 Å². The first-order chi connectivity index (χ1) is 14.1. The maximum atomic E-state index is 4.90. The smallest absolute Gasteiger partial charge is 0.229 e. The minimum absolute atomic E-state index is 0.657. The summed E-state index contributed by atoms with van der Waals surface area (Å²) >= 11 is 0. The lowest BCUT2D eigenvalue weighted by atomic mass is 10.1. The Kier molecular flexibility index (Phi) is 5.76. The van der Waals surface area contributed by atoms with Gasteiger partial charge in [0.05, 0.1) is 5.69 Å². The Morgan fingerprint density at radius 1 is 0.931 bits per heavy atom. The standard InChI is InChI=1S/C24H29N5/c1-4-19-12-8-9-18(2)23(19)27-24-25-21(20-10-6-5-7-11-20)17-22(26-24)29-15-13-28(3)14-16-29/h5-12,17H,4,13-16H2,1-3H3,(H,25,26,27). The van der Waals surface area contributed by atoms with Crippen LogP contribution < -0.4 is 10.2 Å². The first-order valence-electron chi connectivity index (χ1n) is 10.4. The Hall–Kier alpha value is -2.92. The van der Waals surface area contributed by atoms with Crippen LogP contribution in [0.2, 0.25) is 0 Å². The van der Waals surface area contributed by atoms with Gasteiger partial charge in [0.1, 0.15) is 5.82 Å². The number of para-hydroxylation sites is 1. The number of rotatable bonds is 5. The Labute approximate surface area is 173 Å². The van der Waals surface area contributed by atoms with E-state index in [4.69, 9.17) is 9.97 Å². The monoisotopic (exact) mass is 387 g/mol. The molecule has 1 saturated heterocycles. The first kappa shape index (κ1) is 19.4. The van der Waals surface area contributed by atoms with Gasteiger partial charge in [-0.2, -0.15) is 4.98 Å². The highest BCUT2D eigenvalue weighted by atomic mass is 15.3. The van der Waals surface area contributed by atoms with Crippen LogP contribution >= 0.6 is 0 Å². The molecule has 150 valence electrons. The molecule has 2 heterocycles. The second-order valence-electron chi connectivity index (χ2n) is 7.68. The molecule has 0 aliphatic carbocycles. The van der Waals surface area contributed by atoms with Gasteiger partial charge in [-0.05, 0) is 31.5 Å². The molecule has 1 aliphatic rings. The molecular weight excluding hydrogens is 358 g/mol. The number of nitrogens with zero attached hydrogens (tertiary/aromatic N) is 4. The van der Waals surface area contributed by atoms with Crippen molar-refractivity contribution in [2.45, 2.75) is 20.3 Å². The summed E-state index contributed by atoms with van der Waals surface area (Å²) in [4.78, 5) is 14.5. The predicted octanol–water partition coefficient (Wildman–Crippen LogP) is 4.51. The number of aryl methyl sites for hydroxylation is 2. The SMILES string of the molecule is CCc1cccc(C)c1Nc1nc(-c2ccccc2)cc(N2CCN(C)CC2)n1. The van der Waals surface area contributed by atoms with Gasteiger partial charge < -0.3 is 15.1 Å². The van der Waals surface area contributed by atoms with Crippen molar-refractivity contribution in [1.29, 1.82) is 0 Å². The van der Waals surface area contributed by atoms with E-state index in [-0.39, 0.29) is 0 Å². The summed E-state index contributed by atoms with van der Waals surface area (Å²) in [6.45, 7) is 8.36. The highest BCUT2D eigenvalue weighted by Gasteiger charge is 2.18. The molecule has 29 heavy (non-hydrogen) atoms. The van der Waals surface area contributed by atoms with E-state index in [1.807, 2.05) is 6.07 Å². The number of benzene rings is 2. The van der Waals surface area contributed by atoms with E-state index >= 15 is 0 Å². The maximum Gasteiger partial charge on any atom is 0.229 e. The van der Waals surface area contributed by atoms with E-state index in [9.17, 15) is 0 Å². The van der Waals surface area contributed by atoms with Crippen LogP contribution in [0.25, 0.3) is 11.3 Å². The molecular formula is C24H29N5. The lowest BCUT2D eigenvalue weighted by molar-refractivity contribution is 0.312. The van der Waals surface area contributed by atoms with Crippen LogP contribution in [0.1, 0.15) is 18.1 Å². The second-order valence-corrected chi connectivity index (χ2v) is 7.68. The molecule has 1 N–H and O–H groups in total. The van der Waals surface area contributed by atoms with Gasteiger partial charge in [0.15, 0.2) is 0 Å². The number of hydrogen-bond donors (Lipinski definition) is 1. The number of piperazine rings is 1. The van der Waals surface area contributed by atoms with Crippen molar-refractivity contribution >= 4 is 17.5 Å². The van der Waals surface area contributed by atoms with Crippen molar-refractivity contribution in [3.05, 3.63) is 65.7 Å². The molecule has 3 aromatic rings. The largest absolute Gasteiger partial charge is 0.354 e. The van der Waals surface area contributed by atoms with Gasteiger partial charge in [-0.15, -0.1) is 0 Å². The van der Waals surface area contributed by atoms with Crippen LogP contribution in [-0.4, -0.2) is 48.1 Å². The van der Waals surface area contributed by atoms with Gasteiger partial charge in [0.2, 0.25) is 5.95 Å². The number of aromatic nitrogens is 2. The number of anilines is 3. The first-order valence-corrected chi connectivity index (χ1v) is 10.4. The molecule has 1 aromatic heterocycles. The van der Waals surface area contributed by atoms with Gasteiger partial charge in [0, 0.05) is 43.5 Å². The van der Waals surface area contributed by atoms with Crippen molar-refractivity contribution in [2.75, 3.05) is 43.4 Å². The van der Waals surface area contributed by atoms with Gasteiger partial charge in [-0.25, -0.2) is 4.98 Å². The summed E-state index contributed by atoms with van der Waals surface area (Å²) < 4.78 is 0. The number of nitrogens with one attached hydrogen (secondary N) is 1. The maximum absolute atomic E-state index is 4.90. The predicted molar refractivity (Wildman–Crippen MR) is 121 cm³/mol. The van der Waals surface area contributed by atoms with Crippen LogP contribution in [0.15, 0.2) is 54.6 Å². The third-order valence-corrected chi connectivity index (χ3v) is 5.59. The molecule has 0 atom stereocenters. The fourth-order valence-electron chi connectivity index (χ4n) is 3.76. The van der Waals surface area contributed by atoms with Crippen molar-refractivity contribution in [2.24, 2.45) is 0 Å². The molecule has 0 radical (unpaired) electrons. The number of hydrogen-bond acceptors (Lipinski definition) is 5. The normalized spacial score (nSPS) is 14.8. The molecule has 1 aliphatic heterocycles. The molecule has 0 spiro atoms. The van der Waals surface area contributed by atoms with E-state index in [0.717, 1.165) is 55.4 Å². The van der Waals surface area contributed by atoms with E-state index in [1.165, 1.54) is 11.1 Å². The summed E-state index contributed by atoms with van der Waals surface area (Å²) in [6.07, 6.45) is 0.966. The molecule has 1 fully saturated rings. The van der Waals surface area contributed by atoms with E-state index in [1.54, 1.807) is 0 Å². The molecule has 0 unspecified atom stereocenters. The molecule has 0 bridgehead atoms. The van der Waals surface area contributed by atoms with Gasteiger partial charge in [-0.3, -0.25) is 0 Å². The summed E-state index contributed by atoms with van der Waals surface area (Å²) in [5.74, 6) is 1.64. The molecule has 2 aromatic carbocycles. The minimum atomic E-state index is 0.657. The van der Waals surface area contributed by atoms with Crippen LogP contribution in [0.5, 0.6) is 0 Å². The third kappa shape index (κ3) is 4.40. The van der Waals surface area contributed by atoms with Crippen molar-refractivity contribution < 1.29 is 0 Å². The van der Waals surface area contributed by atoms with Crippen molar-refractivity contribution in [1.82, 2.24) is 14.9 Å². The Morgan fingerprint density at radius 3 is 2.41 bits per heavy atom. The molecule has 0 amide bonds. The zero-order valence-electron chi connectivity index (χ0n) is 17.5. The second kappa shape index (κ2) is 8.62. The molecule has 5 nitrogen and oxygen atoms in total. The third-order valence-electron chi connectivity index (χ3n) is 5.59. The minimum Gasteiger partial charge on any atom is -0.354 e. The Morgan fingerprint density at radius 2 is 1.69 bits per heavy atom. The fraction of sp³-hybridized carbons (Fsp3) is 0.333. The molecule has 4 rings (SSSR count). The quantitative estimate of drug-likeness (QED) is 0.698. The lowest BCUT2D eigenvalue weighted by Gasteiger charge is -2.33. The van der Waals surface area contributed by atoms with Gasteiger partial charge in [0.25, 0.3) is 0 Å². The summed E-state index contributed by atoms with van der Waals surface area (Å²) in [5, 5.41) is 3.53. The zero-order valence-corrected chi connectivity index (χ0v) is 17.5. The van der Waals surface area contributed by atoms with Crippen LogP contribution in [-0.2, 0) is 6.42 Å². The molecule has 5 heteroatoms. The summed E-state index contributed by atoms with van der Waals surface area (Å²) in [5.41, 5.74) is 5.65. The number of likely N-dealkylation sites (N-methyl/N-ethyl adjacent to an activating group) is 1. The van der Waals surface area contributed by atoms with Gasteiger partial charge in [-0.1, -0.05) is 55.5 Å². The Balaban J connectivity index is 1.74. The Bertz CT molecular complexity index is 962. The average molecular weight is 388 g/mol. The fourth-order valence-corrected chi connectivity index (χ4v) is 3.76. The van der Waals surface area contributed by atoms with E-state index in [2.05, 4.69) is 84.5 Å². The summed E-state index contributed by atoms with van der Waals surface area (Å²) in [6, 6.07) is 18.9. The van der Waals surface area contributed by atoms with Crippen molar-refractivity contribution in [3.8, 4) is 11.3 Å². The van der Waals surface area contributed by atoms with Crippen molar-refractivity contribution in [3.63, 3.8) is 0 Å². The zero-order chi connectivity index (χ0) is 20.2. The van der Waals surface area contributed by atoms with Crippen LogP contribution in [0, 0.1) is 6.92 Å².